The molecule has 148 valence electrons. The van der Waals surface area contributed by atoms with Crippen molar-refractivity contribution in [2.75, 3.05) is 46.4 Å². The molecule has 7 nitrogen and oxygen atoms in total. The van der Waals surface area contributed by atoms with Gasteiger partial charge in [0, 0.05) is 26.2 Å². The molecule has 0 spiro atoms. The fourth-order valence-electron chi connectivity index (χ4n) is 3.37. The summed E-state index contributed by atoms with van der Waals surface area (Å²) in [6.07, 6.45) is 2.14. The van der Waals surface area contributed by atoms with Crippen molar-refractivity contribution in [3.63, 3.8) is 0 Å². The second-order valence-corrected chi connectivity index (χ2v) is 7.13. The Morgan fingerprint density at radius 3 is 2.78 bits per heavy atom. The predicted molar refractivity (Wildman–Crippen MR) is 102 cm³/mol. The zero-order valence-corrected chi connectivity index (χ0v) is 16.1. The number of rotatable bonds is 7. The lowest BCUT2D eigenvalue weighted by molar-refractivity contribution is -0.0281. The minimum Gasteiger partial charge on any atom is -0.496 e. The van der Waals surface area contributed by atoms with E-state index in [-0.39, 0.29) is 18.0 Å². The first kappa shape index (κ1) is 19.5. The van der Waals surface area contributed by atoms with Gasteiger partial charge in [-0.25, -0.2) is 4.79 Å². The van der Waals surface area contributed by atoms with Crippen molar-refractivity contribution in [2.24, 2.45) is 5.92 Å². The number of para-hydroxylation sites is 1. The third-order valence-corrected chi connectivity index (χ3v) is 4.98. The number of carbonyl (C=O) groups is 2. The molecular weight excluding hydrogens is 346 g/mol. The molecule has 2 fully saturated rings. The molecule has 1 atom stereocenters. The summed E-state index contributed by atoms with van der Waals surface area (Å²) < 4.78 is 11.2. The van der Waals surface area contributed by atoms with Crippen LogP contribution in [-0.4, -0.2) is 74.3 Å². The van der Waals surface area contributed by atoms with Crippen LogP contribution in [0.5, 0.6) is 5.75 Å². The first-order chi connectivity index (χ1) is 13.1. The summed E-state index contributed by atoms with van der Waals surface area (Å²) in [5.41, 5.74) is 0.567. The zero-order chi connectivity index (χ0) is 19.2. The third-order valence-electron chi connectivity index (χ3n) is 4.98. The second-order valence-electron chi connectivity index (χ2n) is 7.13. The average Bonchev–Trinajstić information content (AvgIpc) is 3.51. The Morgan fingerprint density at radius 2 is 2.07 bits per heavy atom. The molecule has 1 aliphatic heterocycles. The molecule has 0 radical (unpaired) electrons. The van der Waals surface area contributed by atoms with Gasteiger partial charge in [0.05, 0.1) is 31.9 Å². The van der Waals surface area contributed by atoms with Gasteiger partial charge in [0.25, 0.3) is 5.91 Å². The summed E-state index contributed by atoms with van der Waals surface area (Å²) in [4.78, 5) is 28.9. The molecule has 3 rings (SSSR count). The summed E-state index contributed by atoms with van der Waals surface area (Å²) in [5.74, 6) is 1.10. The van der Waals surface area contributed by atoms with Gasteiger partial charge in [-0.15, -0.1) is 0 Å². The Balaban J connectivity index is 1.69. The van der Waals surface area contributed by atoms with E-state index in [1.807, 2.05) is 24.0 Å². The van der Waals surface area contributed by atoms with E-state index in [0.717, 1.165) is 19.4 Å². The highest BCUT2D eigenvalue weighted by Gasteiger charge is 2.32. The van der Waals surface area contributed by atoms with Crippen LogP contribution in [0.4, 0.5) is 4.79 Å². The Hall–Kier alpha value is -2.28. The highest BCUT2D eigenvalue weighted by Crippen LogP contribution is 2.31. The normalized spacial score (nSPS) is 19.5. The van der Waals surface area contributed by atoms with Gasteiger partial charge >= 0.3 is 6.03 Å². The molecule has 0 aromatic heterocycles. The van der Waals surface area contributed by atoms with E-state index in [4.69, 9.17) is 9.47 Å². The van der Waals surface area contributed by atoms with Crippen LogP contribution in [0.2, 0.25) is 0 Å². The molecule has 1 aromatic rings. The standard InChI is InChI=1S/C20H29N3O4/c1-3-21-20(25)22-10-11-27-16(13-22)14-23(12-15-8-9-15)19(24)17-6-4-5-7-18(17)26-2/h4-7,15-16H,3,8-14H2,1-2H3,(H,21,25). The molecular formula is C20H29N3O4. The number of carbonyl (C=O) groups excluding carboxylic acids is 2. The van der Waals surface area contributed by atoms with Crippen molar-refractivity contribution in [3.05, 3.63) is 29.8 Å². The van der Waals surface area contributed by atoms with Crippen molar-refractivity contribution in [1.82, 2.24) is 15.1 Å². The second kappa shape index (κ2) is 9.08. The van der Waals surface area contributed by atoms with Gasteiger partial charge in [-0.3, -0.25) is 4.79 Å². The molecule has 1 saturated heterocycles. The predicted octanol–water partition coefficient (Wildman–Crippen LogP) is 1.98. The molecule has 1 aliphatic carbocycles. The maximum Gasteiger partial charge on any atom is 0.317 e. The van der Waals surface area contributed by atoms with Gasteiger partial charge in [-0.1, -0.05) is 12.1 Å². The first-order valence-corrected chi connectivity index (χ1v) is 9.69. The highest BCUT2D eigenvalue weighted by atomic mass is 16.5. The topological polar surface area (TPSA) is 71.1 Å². The van der Waals surface area contributed by atoms with Crippen LogP contribution in [-0.2, 0) is 4.74 Å². The molecule has 1 N–H and O–H groups in total. The molecule has 27 heavy (non-hydrogen) atoms. The summed E-state index contributed by atoms with van der Waals surface area (Å²) in [6, 6.07) is 7.23. The van der Waals surface area contributed by atoms with Crippen LogP contribution >= 0.6 is 0 Å². The lowest BCUT2D eigenvalue weighted by Crippen LogP contribution is -2.53. The van der Waals surface area contributed by atoms with Crippen LogP contribution in [0, 0.1) is 5.92 Å². The number of hydrogen-bond acceptors (Lipinski definition) is 4. The van der Waals surface area contributed by atoms with Crippen molar-refractivity contribution in [3.8, 4) is 5.75 Å². The number of urea groups is 1. The van der Waals surface area contributed by atoms with Crippen molar-refractivity contribution in [1.29, 1.82) is 0 Å². The van der Waals surface area contributed by atoms with Crippen LogP contribution in [0.1, 0.15) is 30.1 Å². The molecule has 1 unspecified atom stereocenters. The fraction of sp³-hybridized carbons (Fsp3) is 0.600. The summed E-state index contributed by atoms with van der Waals surface area (Å²) in [5, 5.41) is 2.83. The van der Waals surface area contributed by atoms with Gasteiger partial charge in [0.2, 0.25) is 0 Å². The van der Waals surface area contributed by atoms with Crippen molar-refractivity contribution >= 4 is 11.9 Å². The molecule has 1 heterocycles. The van der Waals surface area contributed by atoms with E-state index in [2.05, 4.69) is 5.32 Å². The Morgan fingerprint density at radius 1 is 1.30 bits per heavy atom. The number of nitrogens with one attached hydrogen (secondary N) is 1. The van der Waals surface area contributed by atoms with Crippen LogP contribution in [0.3, 0.4) is 0 Å². The fourth-order valence-corrected chi connectivity index (χ4v) is 3.37. The van der Waals surface area contributed by atoms with Gasteiger partial charge in [0.1, 0.15) is 5.75 Å². The number of amides is 3. The molecule has 0 bridgehead atoms. The largest absolute Gasteiger partial charge is 0.496 e. The van der Waals surface area contributed by atoms with Crippen LogP contribution in [0.15, 0.2) is 24.3 Å². The van der Waals surface area contributed by atoms with E-state index in [1.165, 1.54) is 0 Å². The highest BCUT2D eigenvalue weighted by molar-refractivity contribution is 5.97. The van der Waals surface area contributed by atoms with E-state index in [9.17, 15) is 9.59 Å². The monoisotopic (exact) mass is 375 g/mol. The quantitative estimate of drug-likeness (QED) is 0.791. The van der Waals surface area contributed by atoms with Crippen molar-refractivity contribution in [2.45, 2.75) is 25.9 Å². The number of hydrogen-bond donors (Lipinski definition) is 1. The molecule has 1 saturated carbocycles. The van der Waals surface area contributed by atoms with E-state index in [1.54, 1.807) is 24.1 Å². The summed E-state index contributed by atoms with van der Waals surface area (Å²) >= 11 is 0. The molecule has 2 aliphatic rings. The van der Waals surface area contributed by atoms with Crippen LogP contribution < -0.4 is 10.1 Å². The maximum absolute atomic E-state index is 13.2. The number of morpholine rings is 1. The first-order valence-electron chi connectivity index (χ1n) is 9.69. The SMILES string of the molecule is CCNC(=O)N1CCOC(CN(CC2CC2)C(=O)c2ccccc2OC)C1. The average molecular weight is 375 g/mol. The molecule has 1 aromatic carbocycles. The minimum atomic E-state index is -0.182. The Bertz CT molecular complexity index is 662. The third kappa shape index (κ3) is 5.13. The number of nitrogens with zero attached hydrogens (tertiary/aromatic N) is 2. The van der Waals surface area contributed by atoms with Gasteiger partial charge in [-0.05, 0) is 37.8 Å². The lowest BCUT2D eigenvalue weighted by atomic mass is 10.1. The molecule has 3 amide bonds. The zero-order valence-electron chi connectivity index (χ0n) is 16.1. The van der Waals surface area contributed by atoms with Gasteiger partial charge in [0.15, 0.2) is 0 Å². The Labute approximate surface area is 160 Å². The van der Waals surface area contributed by atoms with E-state index >= 15 is 0 Å². The van der Waals surface area contributed by atoms with E-state index in [0.29, 0.717) is 50.0 Å². The van der Waals surface area contributed by atoms with E-state index < -0.39 is 0 Å². The number of methoxy groups -OCH3 is 1. The van der Waals surface area contributed by atoms with Gasteiger partial charge in [-0.2, -0.15) is 0 Å². The van der Waals surface area contributed by atoms with Crippen LogP contribution in [0.25, 0.3) is 0 Å². The lowest BCUT2D eigenvalue weighted by Gasteiger charge is -2.36. The van der Waals surface area contributed by atoms with Gasteiger partial charge < -0.3 is 24.6 Å². The van der Waals surface area contributed by atoms with Crippen molar-refractivity contribution < 1.29 is 19.1 Å². The Kier molecular flexibility index (Phi) is 6.55. The molecule has 7 heteroatoms. The number of ether oxygens (including phenoxy) is 2. The maximum atomic E-state index is 13.2. The minimum absolute atomic E-state index is 0.0434. The number of benzene rings is 1. The smallest absolute Gasteiger partial charge is 0.317 e. The summed E-state index contributed by atoms with van der Waals surface area (Å²) in [7, 11) is 1.58. The summed E-state index contributed by atoms with van der Waals surface area (Å²) in [6.45, 7) is 5.25.